The quantitative estimate of drug-likeness (QED) is 0.650. The number of amides is 2. The van der Waals surface area contributed by atoms with Gasteiger partial charge in [-0.05, 0) is 12.5 Å². The molecule has 1 aromatic heterocycles. The van der Waals surface area contributed by atoms with Gasteiger partial charge in [-0.25, -0.2) is 14.6 Å². The number of ether oxygens (including phenoxy) is 3. The molecular formula is C23H27N3O7. The number of carboxylic acids is 1. The third-order valence-electron chi connectivity index (χ3n) is 5.34. The molecule has 176 valence electrons. The summed E-state index contributed by atoms with van der Waals surface area (Å²) in [5.74, 6) is -1.91. The molecule has 0 spiro atoms. The predicted octanol–water partition coefficient (Wildman–Crippen LogP) is 2.64. The van der Waals surface area contributed by atoms with Crippen LogP contribution >= 0.6 is 0 Å². The molecule has 2 N–H and O–H groups in total. The van der Waals surface area contributed by atoms with E-state index in [1.807, 2.05) is 31.2 Å². The number of nitrogens with zero attached hydrogens (tertiary/aromatic N) is 2. The Hall–Kier alpha value is -3.82. The van der Waals surface area contributed by atoms with Crippen LogP contribution in [0.15, 0.2) is 30.3 Å². The topological polar surface area (TPSA) is 127 Å². The number of likely N-dealkylation sites (tertiary alicyclic amines) is 1. The summed E-state index contributed by atoms with van der Waals surface area (Å²) in [6.07, 6.45) is 0.200. The number of hydrogen-bond acceptors (Lipinski definition) is 7. The molecule has 1 aliphatic rings. The van der Waals surface area contributed by atoms with Crippen molar-refractivity contribution >= 4 is 18.0 Å². The van der Waals surface area contributed by atoms with Gasteiger partial charge in [-0.2, -0.15) is 0 Å². The molecule has 0 unspecified atom stereocenters. The lowest BCUT2D eigenvalue weighted by Crippen LogP contribution is -2.41. The molecule has 0 bridgehead atoms. The summed E-state index contributed by atoms with van der Waals surface area (Å²) in [5, 5.41) is 12.4. The summed E-state index contributed by atoms with van der Waals surface area (Å²) < 4.78 is 15.8. The highest BCUT2D eigenvalue weighted by atomic mass is 16.5. The zero-order chi connectivity index (χ0) is 24.0. The first-order valence-corrected chi connectivity index (χ1v) is 10.5. The zero-order valence-corrected chi connectivity index (χ0v) is 18.8. The largest absolute Gasteiger partial charge is 0.488 e. The Morgan fingerprint density at radius 2 is 1.82 bits per heavy atom. The lowest BCUT2D eigenvalue weighted by Gasteiger charge is -2.31. The Morgan fingerprint density at radius 3 is 2.39 bits per heavy atom. The van der Waals surface area contributed by atoms with Gasteiger partial charge in [0.05, 0.1) is 14.2 Å². The van der Waals surface area contributed by atoms with Gasteiger partial charge in [0.15, 0.2) is 11.4 Å². The molecule has 1 saturated heterocycles. The Labute approximate surface area is 191 Å². The van der Waals surface area contributed by atoms with Gasteiger partial charge < -0.3 is 29.5 Å². The van der Waals surface area contributed by atoms with Gasteiger partial charge in [-0.15, -0.1) is 0 Å². The van der Waals surface area contributed by atoms with E-state index in [0.717, 1.165) is 11.1 Å². The molecule has 2 aromatic rings. The van der Waals surface area contributed by atoms with Crippen LogP contribution in [0.4, 0.5) is 4.79 Å². The highest BCUT2D eigenvalue weighted by Crippen LogP contribution is 2.28. The number of aromatic carboxylic acids is 1. The predicted molar refractivity (Wildman–Crippen MR) is 118 cm³/mol. The van der Waals surface area contributed by atoms with Crippen molar-refractivity contribution in [2.45, 2.75) is 32.4 Å². The van der Waals surface area contributed by atoms with Gasteiger partial charge in [-0.3, -0.25) is 4.79 Å². The monoisotopic (exact) mass is 457 g/mol. The maximum absolute atomic E-state index is 12.8. The highest BCUT2D eigenvalue weighted by Gasteiger charge is 2.28. The number of carbonyl (C=O) groups excluding carboxylic acids is 2. The van der Waals surface area contributed by atoms with Crippen LogP contribution in [0.2, 0.25) is 0 Å². The molecule has 33 heavy (non-hydrogen) atoms. The molecule has 2 heterocycles. The first-order valence-electron chi connectivity index (χ1n) is 10.5. The summed E-state index contributed by atoms with van der Waals surface area (Å²) in [7, 11) is 2.63. The number of benzene rings is 1. The minimum atomic E-state index is -1.30. The van der Waals surface area contributed by atoms with Crippen molar-refractivity contribution in [2.75, 3.05) is 27.3 Å². The van der Waals surface area contributed by atoms with Crippen molar-refractivity contribution in [3.63, 3.8) is 0 Å². The number of methoxy groups -OCH3 is 2. The Morgan fingerprint density at radius 1 is 1.15 bits per heavy atom. The molecule has 1 aromatic carbocycles. The van der Waals surface area contributed by atoms with Crippen LogP contribution in [0.3, 0.4) is 0 Å². The van der Waals surface area contributed by atoms with E-state index in [1.54, 1.807) is 4.90 Å². The van der Waals surface area contributed by atoms with E-state index in [4.69, 9.17) is 14.2 Å². The van der Waals surface area contributed by atoms with Gasteiger partial charge in [0, 0.05) is 38.5 Å². The number of carboxylic acid groups (broad SMARTS) is 1. The van der Waals surface area contributed by atoms with Crippen LogP contribution < -0.4 is 14.8 Å². The molecule has 0 saturated carbocycles. The molecule has 0 atom stereocenters. The minimum absolute atomic E-state index is 0.0275. The average molecular weight is 457 g/mol. The Balaban J connectivity index is 1.77. The lowest BCUT2D eigenvalue weighted by atomic mass is 10.1. The Kier molecular flexibility index (Phi) is 7.70. The third-order valence-corrected chi connectivity index (χ3v) is 5.34. The fraction of sp³-hybridized carbons (Fsp3) is 0.391. The van der Waals surface area contributed by atoms with E-state index >= 15 is 0 Å². The maximum Gasteiger partial charge on any atom is 0.409 e. The average Bonchev–Trinajstić information content (AvgIpc) is 2.83. The molecule has 10 nitrogen and oxygen atoms in total. The van der Waals surface area contributed by atoms with Crippen LogP contribution in [0.25, 0.3) is 0 Å². The molecule has 2 amide bonds. The number of hydrogen-bond donors (Lipinski definition) is 2. The first-order chi connectivity index (χ1) is 15.8. The van der Waals surface area contributed by atoms with Crippen molar-refractivity contribution in [2.24, 2.45) is 0 Å². The summed E-state index contributed by atoms with van der Waals surface area (Å²) in [5.41, 5.74) is 1.74. The number of piperidine rings is 1. The molecule has 10 heteroatoms. The zero-order valence-electron chi connectivity index (χ0n) is 18.8. The summed E-state index contributed by atoms with van der Waals surface area (Å²) in [6.45, 7) is 3.08. The van der Waals surface area contributed by atoms with E-state index in [1.165, 1.54) is 20.3 Å². The van der Waals surface area contributed by atoms with E-state index in [2.05, 4.69) is 10.3 Å². The summed E-state index contributed by atoms with van der Waals surface area (Å²) in [6, 6.07) is 9.06. The second-order valence-corrected chi connectivity index (χ2v) is 7.64. The van der Waals surface area contributed by atoms with Crippen molar-refractivity contribution in [3.8, 4) is 11.6 Å². The number of nitrogens with one attached hydrogen (secondary N) is 1. The third kappa shape index (κ3) is 5.91. The van der Waals surface area contributed by atoms with E-state index in [9.17, 15) is 19.5 Å². The molecule has 3 rings (SSSR count). The fourth-order valence-corrected chi connectivity index (χ4v) is 3.49. The van der Waals surface area contributed by atoms with E-state index < -0.39 is 18.0 Å². The van der Waals surface area contributed by atoms with Crippen LogP contribution in [0, 0.1) is 6.92 Å². The van der Waals surface area contributed by atoms with Crippen molar-refractivity contribution in [3.05, 3.63) is 52.7 Å². The number of carbonyl (C=O) groups is 3. The highest BCUT2D eigenvalue weighted by molar-refractivity contribution is 5.98. The van der Waals surface area contributed by atoms with Crippen molar-refractivity contribution in [1.29, 1.82) is 0 Å². The van der Waals surface area contributed by atoms with Gasteiger partial charge in [0.2, 0.25) is 5.88 Å². The molecule has 0 radical (unpaired) electrons. The van der Waals surface area contributed by atoms with Gasteiger partial charge in [0.1, 0.15) is 11.7 Å². The number of pyridine rings is 1. The fourth-order valence-electron chi connectivity index (χ4n) is 3.49. The Bertz CT molecular complexity index is 1020. The van der Waals surface area contributed by atoms with Crippen LogP contribution in [-0.4, -0.2) is 66.4 Å². The summed E-state index contributed by atoms with van der Waals surface area (Å²) in [4.78, 5) is 41.8. The van der Waals surface area contributed by atoms with Crippen molar-refractivity contribution in [1.82, 2.24) is 15.2 Å². The van der Waals surface area contributed by atoms with E-state index in [0.29, 0.717) is 25.9 Å². The van der Waals surface area contributed by atoms with Gasteiger partial charge in [-0.1, -0.05) is 29.8 Å². The second-order valence-electron chi connectivity index (χ2n) is 7.64. The van der Waals surface area contributed by atoms with Gasteiger partial charge in [0.25, 0.3) is 5.91 Å². The number of rotatable bonds is 7. The van der Waals surface area contributed by atoms with Crippen LogP contribution in [0.1, 0.15) is 44.8 Å². The molecule has 1 aliphatic heterocycles. The lowest BCUT2D eigenvalue weighted by molar-refractivity contribution is 0.0658. The number of aromatic nitrogens is 1. The van der Waals surface area contributed by atoms with Gasteiger partial charge >= 0.3 is 12.1 Å². The second kappa shape index (κ2) is 10.7. The van der Waals surface area contributed by atoms with Crippen molar-refractivity contribution < 1.29 is 33.7 Å². The standard InChI is InChI=1S/C23H27N3O7/c1-14-4-6-15(7-5-14)13-24-20(27)17-12-18(19(22(28)29)25-21(17)31-2)33-16-8-10-26(11-9-16)23(30)32-3/h4-7,12,16H,8-11,13H2,1-3H3,(H,24,27)(H,28,29). The smallest absolute Gasteiger partial charge is 0.409 e. The molecule has 1 fully saturated rings. The van der Waals surface area contributed by atoms with Crippen LogP contribution in [-0.2, 0) is 11.3 Å². The first kappa shape index (κ1) is 23.8. The minimum Gasteiger partial charge on any atom is -0.488 e. The van der Waals surface area contributed by atoms with E-state index in [-0.39, 0.29) is 35.5 Å². The maximum atomic E-state index is 12.8. The number of aryl methyl sites for hydroxylation is 1. The molecule has 0 aliphatic carbocycles. The van der Waals surface area contributed by atoms with Crippen LogP contribution in [0.5, 0.6) is 11.6 Å². The molecular weight excluding hydrogens is 430 g/mol. The summed E-state index contributed by atoms with van der Waals surface area (Å²) >= 11 is 0. The normalized spacial score (nSPS) is 13.8. The SMILES string of the molecule is COC(=O)N1CCC(Oc2cc(C(=O)NCc3ccc(C)cc3)c(OC)nc2C(=O)O)CC1.